The lowest BCUT2D eigenvalue weighted by molar-refractivity contribution is -0.132. The second kappa shape index (κ2) is 4.50. The molecule has 0 heterocycles. The Balaban J connectivity index is 3.08. The molecule has 0 saturated carbocycles. The lowest BCUT2D eigenvalue weighted by Crippen LogP contribution is -2.03. The first-order chi connectivity index (χ1) is 6.69. The smallest absolute Gasteiger partial charge is 0.308 e. The number of methoxy groups -OCH3 is 2. The monoisotopic (exact) mass is 195 g/mol. The molecule has 1 radical (unpaired) electrons. The van der Waals surface area contributed by atoms with E-state index in [0.29, 0.717) is 11.5 Å². The molecule has 0 atom stereocenters. The molecule has 0 N–H and O–H groups in total. The predicted octanol–water partition coefficient (Wildman–Crippen LogP) is 1.43. The maximum Gasteiger partial charge on any atom is 0.308 e. The van der Waals surface area contributed by atoms with Gasteiger partial charge in [-0.15, -0.1) is 0 Å². The number of carbonyl (C=O) groups is 1. The molecular formula is C10H11O4. The van der Waals surface area contributed by atoms with Gasteiger partial charge in [0.2, 0.25) is 5.75 Å². The van der Waals surface area contributed by atoms with E-state index in [4.69, 9.17) is 14.2 Å². The van der Waals surface area contributed by atoms with Crippen LogP contribution in [0.5, 0.6) is 17.2 Å². The zero-order chi connectivity index (χ0) is 10.6. The normalized spacial score (nSPS) is 9.36. The summed E-state index contributed by atoms with van der Waals surface area (Å²) < 4.78 is 14.9. The second-order valence-corrected chi connectivity index (χ2v) is 2.50. The Morgan fingerprint density at radius 2 is 2.07 bits per heavy atom. The fourth-order valence-electron chi connectivity index (χ4n) is 1.02. The highest BCUT2D eigenvalue weighted by atomic mass is 16.6. The Labute approximate surface area is 82.4 Å². The van der Waals surface area contributed by atoms with Gasteiger partial charge in [-0.2, -0.15) is 0 Å². The quantitative estimate of drug-likeness (QED) is 0.540. The summed E-state index contributed by atoms with van der Waals surface area (Å²) in [6.45, 7) is 1.31. The van der Waals surface area contributed by atoms with Gasteiger partial charge in [0.05, 0.1) is 14.2 Å². The number of rotatable bonds is 3. The van der Waals surface area contributed by atoms with Crippen LogP contribution in [0.3, 0.4) is 0 Å². The molecule has 4 heteroatoms. The summed E-state index contributed by atoms with van der Waals surface area (Å²) in [6.07, 6.45) is 0. The Bertz CT molecular complexity index is 333. The van der Waals surface area contributed by atoms with Crippen molar-refractivity contribution in [1.82, 2.24) is 0 Å². The van der Waals surface area contributed by atoms with E-state index in [1.165, 1.54) is 21.1 Å². The number of hydrogen-bond acceptors (Lipinski definition) is 4. The van der Waals surface area contributed by atoms with Crippen LogP contribution >= 0.6 is 0 Å². The molecule has 0 amide bonds. The zero-order valence-corrected chi connectivity index (χ0v) is 8.29. The molecule has 4 nitrogen and oxygen atoms in total. The van der Waals surface area contributed by atoms with Crippen LogP contribution in [-0.4, -0.2) is 20.2 Å². The number of hydrogen-bond donors (Lipinski definition) is 0. The van der Waals surface area contributed by atoms with Crippen molar-refractivity contribution < 1.29 is 19.0 Å². The van der Waals surface area contributed by atoms with Gasteiger partial charge in [-0.05, 0) is 12.1 Å². The Morgan fingerprint density at radius 1 is 1.36 bits per heavy atom. The first-order valence-electron chi connectivity index (χ1n) is 4.00. The first-order valence-corrected chi connectivity index (χ1v) is 4.00. The number of ether oxygens (including phenoxy) is 3. The van der Waals surface area contributed by atoms with Crippen LogP contribution < -0.4 is 14.2 Å². The molecule has 0 spiro atoms. The van der Waals surface area contributed by atoms with E-state index in [-0.39, 0.29) is 5.75 Å². The molecule has 0 unspecified atom stereocenters. The average Bonchev–Trinajstić information content (AvgIpc) is 2.16. The zero-order valence-electron chi connectivity index (χ0n) is 8.29. The minimum Gasteiger partial charge on any atom is -0.493 e. The highest BCUT2D eigenvalue weighted by molar-refractivity contribution is 5.71. The summed E-state index contributed by atoms with van der Waals surface area (Å²) in [5.41, 5.74) is 0. The lowest BCUT2D eigenvalue weighted by Gasteiger charge is -2.10. The maximum absolute atomic E-state index is 10.7. The van der Waals surface area contributed by atoms with Gasteiger partial charge in [0.1, 0.15) is 0 Å². The minimum absolute atomic E-state index is 0.236. The molecule has 0 bridgehead atoms. The van der Waals surface area contributed by atoms with Crippen LogP contribution in [0.15, 0.2) is 12.1 Å². The summed E-state index contributed by atoms with van der Waals surface area (Å²) in [6, 6.07) is 6.02. The molecule has 0 saturated heterocycles. The largest absolute Gasteiger partial charge is 0.493 e. The molecule has 75 valence electrons. The van der Waals surface area contributed by atoms with E-state index in [0.717, 1.165) is 0 Å². The summed E-state index contributed by atoms with van der Waals surface area (Å²) in [5, 5.41) is 0. The third-order valence-corrected chi connectivity index (χ3v) is 1.55. The highest BCUT2D eigenvalue weighted by Crippen LogP contribution is 2.36. The van der Waals surface area contributed by atoms with Crippen molar-refractivity contribution >= 4 is 5.97 Å². The fourth-order valence-corrected chi connectivity index (χ4v) is 1.02. The van der Waals surface area contributed by atoms with Crippen molar-refractivity contribution in [3.63, 3.8) is 0 Å². The van der Waals surface area contributed by atoms with Gasteiger partial charge in [-0.1, -0.05) is 0 Å². The molecule has 1 rings (SSSR count). The molecule has 0 aliphatic rings. The highest BCUT2D eigenvalue weighted by Gasteiger charge is 2.12. The van der Waals surface area contributed by atoms with Crippen LogP contribution in [0.1, 0.15) is 6.92 Å². The van der Waals surface area contributed by atoms with E-state index in [1.807, 2.05) is 0 Å². The van der Waals surface area contributed by atoms with E-state index in [9.17, 15) is 4.79 Å². The summed E-state index contributed by atoms with van der Waals surface area (Å²) in [7, 11) is 2.98. The van der Waals surface area contributed by atoms with Crippen LogP contribution in [0.25, 0.3) is 0 Å². The molecule has 1 aromatic rings. The van der Waals surface area contributed by atoms with Crippen LogP contribution in [0.4, 0.5) is 0 Å². The Kier molecular flexibility index (Phi) is 3.34. The van der Waals surface area contributed by atoms with Crippen molar-refractivity contribution in [1.29, 1.82) is 0 Å². The van der Waals surface area contributed by atoms with Gasteiger partial charge in [-0.3, -0.25) is 4.79 Å². The third kappa shape index (κ3) is 2.16. The first kappa shape index (κ1) is 10.4. The molecule has 0 fully saturated rings. The Morgan fingerprint density at radius 3 is 2.57 bits per heavy atom. The maximum atomic E-state index is 10.7. The molecule has 0 aromatic heterocycles. The van der Waals surface area contributed by atoms with Gasteiger partial charge < -0.3 is 14.2 Å². The van der Waals surface area contributed by atoms with Crippen molar-refractivity contribution in [2.45, 2.75) is 6.92 Å². The standard InChI is InChI=1S/C10H11O4/c1-7(11)14-9-6-4-5-8(12-2)10(9)13-3/h4-5H,1-3H3. The van der Waals surface area contributed by atoms with Crippen LogP contribution in [-0.2, 0) is 4.79 Å². The molecular weight excluding hydrogens is 184 g/mol. The molecule has 1 aromatic carbocycles. The van der Waals surface area contributed by atoms with Crippen LogP contribution in [0.2, 0.25) is 0 Å². The van der Waals surface area contributed by atoms with Gasteiger partial charge in [0.25, 0.3) is 0 Å². The van der Waals surface area contributed by atoms with Crippen molar-refractivity contribution in [2.24, 2.45) is 0 Å². The van der Waals surface area contributed by atoms with Gasteiger partial charge in [0, 0.05) is 13.0 Å². The lowest BCUT2D eigenvalue weighted by atomic mass is 10.3. The van der Waals surface area contributed by atoms with E-state index in [1.54, 1.807) is 12.1 Å². The van der Waals surface area contributed by atoms with E-state index in [2.05, 4.69) is 6.07 Å². The summed E-state index contributed by atoms with van der Waals surface area (Å²) >= 11 is 0. The van der Waals surface area contributed by atoms with Crippen molar-refractivity contribution in [3.05, 3.63) is 18.2 Å². The fraction of sp³-hybridized carbons (Fsp3) is 0.300. The summed E-state index contributed by atoms with van der Waals surface area (Å²) in [4.78, 5) is 10.7. The number of esters is 1. The van der Waals surface area contributed by atoms with Crippen molar-refractivity contribution in [2.75, 3.05) is 14.2 Å². The van der Waals surface area contributed by atoms with Crippen LogP contribution in [0, 0.1) is 6.07 Å². The minimum atomic E-state index is -0.423. The predicted molar refractivity (Wildman–Crippen MR) is 49.7 cm³/mol. The van der Waals surface area contributed by atoms with E-state index >= 15 is 0 Å². The topological polar surface area (TPSA) is 44.8 Å². The number of benzene rings is 1. The van der Waals surface area contributed by atoms with Gasteiger partial charge >= 0.3 is 5.97 Å². The third-order valence-electron chi connectivity index (χ3n) is 1.55. The van der Waals surface area contributed by atoms with E-state index < -0.39 is 5.97 Å². The second-order valence-electron chi connectivity index (χ2n) is 2.50. The molecule has 14 heavy (non-hydrogen) atoms. The molecule has 0 aliphatic carbocycles. The Hall–Kier alpha value is -1.71. The van der Waals surface area contributed by atoms with Gasteiger partial charge in [0.15, 0.2) is 11.5 Å². The molecule has 0 aliphatic heterocycles. The van der Waals surface area contributed by atoms with Crippen molar-refractivity contribution in [3.8, 4) is 17.2 Å². The van der Waals surface area contributed by atoms with Gasteiger partial charge in [-0.25, -0.2) is 0 Å². The summed E-state index contributed by atoms with van der Waals surface area (Å²) in [5.74, 6) is 0.680. The SMILES string of the molecule is COc1cc[c]c(OC(C)=O)c1OC. The average molecular weight is 195 g/mol. The number of carbonyl (C=O) groups excluding carboxylic acids is 1.